The van der Waals surface area contributed by atoms with Crippen LogP contribution < -0.4 is 14.8 Å². The van der Waals surface area contributed by atoms with Crippen molar-refractivity contribution in [3.63, 3.8) is 0 Å². The van der Waals surface area contributed by atoms with Crippen molar-refractivity contribution in [1.82, 2.24) is 14.7 Å². The molecule has 2 heterocycles. The number of nitrogens with zero attached hydrogens (tertiary/aromatic N) is 2. The fraction of sp³-hybridized carbons (Fsp3) is 0.0909. The van der Waals surface area contributed by atoms with E-state index >= 15 is 0 Å². The first-order chi connectivity index (χ1) is 13.8. The molecule has 0 unspecified atom stereocenters. The molecule has 0 amide bonds. The van der Waals surface area contributed by atoms with Gasteiger partial charge in [-0.3, -0.25) is 9.71 Å². The molecular formula is C22H20N4OS. The van der Waals surface area contributed by atoms with Gasteiger partial charge in [-0.2, -0.15) is 0 Å². The number of hydrogen-bond acceptors (Lipinski definition) is 6. The minimum absolute atomic E-state index is 0.525. The minimum Gasteiger partial charge on any atom is -0.479 e. The summed E-state index contributed by atoms with van der Waals surface area (Å²) in [6.07, 6.45) is 3.48. The highest BCUT2D eigenvalue weighted by Crippen LogP contribution is 2.29. The van der Waals surface area contributed by atoms with E-state index < -0.39 is 0 Å². The van der Waals surface area contributed by atoms with Gasteiger partial charge >= 0.3 is 0 Å². The lowest BCUT2D eigenvalue weighted by molar-refractivity contribution is 0.402. The van der Waals surface area contributed by atoms with Gasteiger partial charge in [0.1, 0.15) is 5.52 Å². The molecule has 140 valence electrons. The normalized spacial score (nSPS) is 10.8. The number of benzene rings is 2. The van der Waals surface area contributed by atoms with Crippen LogP contribution in [0.2, 0.25) is 0 Å². The average Bonchev–Trinajstić information content (AvgIpc) is 2.75. The Hall–Kier alpha value is -3.09. The fourth-order valence-corrected chi connectivity index (χ4v) is 3.55. The van der Waals surface area contributed by atoms with Crippen LogP contribution in [-0.2, 0) is 6.54 Å². The van der Waals surface area contributed by atoms with E-state index in [2.05, 4.69) is 68.5 Å². The number of fused-ring (bicyclic) bond motifs is 1. The third-order valence-electron chi connectivity index (χ3n) is 4.26. The second-order valence-corrected chi connectivity index (χ2v) is 7.10. The number of nitrogens with one attached hydrogen (secondary N) is 2. The molecule has 2 N–H and O–H groups in total. The van der Waals surface area contributed by atoms with E-state index in [4.69, 9.17) is 4.74 Å². The summed E-state index contributed by atoms with van der Waals surface area (Å²) in [6.45, 7) is 0.824. The summed E-state index contributed by atoms with van der Waals surface area (Å²) >= 11 is 1.63. The van der Waals surface area contributed by atoms with E-state index in [1.54, 1.807) is 31.5 Å². The summed E-state index contributed by atoms with van der Waals surface area (Å²) in [5.74, 6) is 0.525. The number of ether oxygens (including phenoxy) is 1. The summed E-state index contributed by atoms with van der Waals surface area (Å²) in [5, 5.41) is 4.42. The second-order valence-electron chi connectivity index (χ2n) is 6.13. The molecule has 0 radical (unpaired) electrons. The van der Waals surface area contributed by atoms with Crippen LogP contribution in [0, 0.1) is 0 Å². The van der Waals surface area contributed by atoms with Gasteiger partial charge in [0.25, 0.3) is 0 Å². The molecule has 0 fully saturated rings. The maximum absolute atomic E-state index is 5.31. The SMILES string of the molecule is COc1nccc2c(Nc3ccc(SNCc4ccccc4)cc3)ccnc12. The first-order valence-electron chi connectivity index (χ1n) is 8.92. The Kier molecular flexibility index (Phi) is 5.70. The monoisotopic (exact) mass is 388 g/mol. The van der Waals surface area contributed by atoms with Crippen LogP contribution in [0.5, 0.6) is 5.88 Å². The summed E-state index contributed by atoms with van der Waals surface area (Å²) in [7, 11) is 1.60. The molecule has 6 heteroatoms. The molecule has 0 saturated heterocycles. The van der Waals surface area contributed by atoms with Gasteiger partial charge in [0.2, 0.25) is 5.88 Å². The van der Waals surface area contributed by atoms with Gasteiger partial charge in [-0.15, -0.1) is 0 Å². The third kappa shape index (κ3) is 4.24. The van der Waals surface area contributed by atoms with Crippen molar-refractivity contribution in [2.45, 2.75) is 11.4 Å². The molecular weight excluding hydrogens is 368 g/mol. The summed E-state index contributed by atoms with van der Waals surface area (Å²) < 4.78 is 8.70. The zero-order valence-corrected chi connectivity index (χ0v) is 16.2. The predicted molar refractivity (Wildman–Crippen MR) is 115 cm³/mol. The Bertz CT molecular complexity index is 1060. The Balaban J connectivity index is 1.43. The smallest absolute Gasteiger partial charge is 0.240 e. The second kappa shape index (κ2) is 8.73. The highest BCUT2D eigenvalue weighted by Gasteiger charge is 2.08. The number of rotatable bonds is 7. The van der Waals surface area contributed by atoms with Crippen LogP contribution in [0.1, 0.15) is 5.56 Å². The van der Waals surface area contributed by atoms with E-state index in [0.717, 1.165) is 33.7 Å². The lowest BCUT2D eigenvalue weighted by Crippen LogP contribution is -2.02. The summed E-state index contributed by atoms with van der Waals surface area (Å²) in [4.78, 5) is 9.76. The number of pyridine rings is 2. The van der Waals surface area contributed by atoms with Crippen molar-refractivity contribution in [3.8, 4) is 5.88 Å². The van der Waals surface area contributed by atoms with Crippen LogP contribution in [0.4, 0.5) is 11.4 Å². The molecule has 0 aliphatic rings. The molecule has 4 aromatic rings. The van der Waals surface area contributed by atoms with Gasteiger partial charge in [0.15, 0.2) is 0 Å². The van der Waals surface area contributed by atoms with Gasteiger partial charge in [0.05, 0.1) is 7.11 Å². The van der Waals surface area contributed by atoms with Crippen molar-refractivity contribution < 1.29 is 4.74 Å². The van der Waals surface area contributed by atoms with Crippen LogP contribution in [-0.4, -0.2) is 17.1 Å². The first-order valence-corrected chi connectivity index (χ1v) is 9.73. The molecule has 2 aromatic heterocycles. The zero-order valence-electron chi connectivity index (χ0n) is 15.4. The highest BCUT2D eigenvalue weighted by atomic mass is 32.2. The van der Waals surface area contributed by atoms with Gasteiger partial charge < -0.3 is 10.1 Å². The molecule has 0 saturated carbocycles. The van der Waals surface area contributed by atoms with Crippen LogP contribution in [0.25, 0.3) is 10.9 Å². The molecule has 28 heavy (non-hydrogen) atoms. The van der Waals surface area contributed by atoms with Crippen molar-refractivity contribution in [1.29, 1.82) is 0 Å². The Labute approximate surface area is 168 Å². The molecule has 0 spiro atoms. The molecule has 4 rings (SSSR count). The first kappa shape index (κ1) is 18.3. The topological polar surface area (TPSA) is 59.1 Å². The zero-order chi connectivity index (χ0) is 19.2. The minimum atomic E-state index is 0.525. The van der Waals surface area contributed by atoms with E-state index in [9.17, 15) is 0 Å². The molecule has 2 aromatic carbocycles. The number of aromatic nitrogens is 2. The van der Waals surface area contributed by atoms with E-state index in [-0.39, 0.29) is 0 Å². The van der Waals surface area contributed by atoms with E-state index in [1.165, 1.54) is 5.56 Å². The lowest BCUT2D eigenvalue weighted by atomic mass is 10.2. The van der Waals surface area contributed by atoms with Crippen LogP contribution >= 0.6 is 11.9 Å². The van der Waals surface area contributed by atoms with Gasteiger partial charge in [-0.05, 0) is 53.9 Å². The highest BCUT2D eigenvalue weighted by molar-refractivity contribution is 7.97. The van der Waals surface area contributed by atoms with Crippen LogP contribution in [0.15, 0.2) is 84.0 Å². The third-order valence-corrected chi connectivity index (χ3v) is 5.06. The average molecular weight is 388 g/mol. The Morgan fingerprint density at radius 2 is 1.68 bits per heavy atom. The lowest BCUT2D eigenvalue weighted by Gasteiger charge is -2.11. The largest absolute Gasteiger partial charge is 0.479 e. The van der Waals surface area contributed by atoms with Gasteiger partial charge in [-0.25, -0.2) is 4.98 Å². The van der Waals surface area contributed by atoms with Crippen molar-refractivity contribution >= 4 is 34.2 Å². The van der Waals surface area contributed by atoms with Crippen LogP contribution in [0.3, 0.4) is 0 Å². The van der Waals surface area contributed by atoms with Crippen molar-refractivity contribution in [2.75, 3.05) is 12.4 Å². The van der Waals surface area contributed by atoms with Gasteiger partial charge in [0, 0.05) is 40.6 Å². The number of anilines is 2. The number of methoxy groups -OCH3 is 1. The van der Waals surface area contributed by atoms with E-state index in [0.29, 0.717) is 5.88 Å². The maximum atomic E-state index is 5.31. The quantitative estimate of drug-likeness (QED) is 0.426. The molecule has 0 aliphatic heterocycles. The number of hydrogen-bond donors (Lipinski definition) is 2. The predicted octanol–water partition coefficient (Wildman–Crippen LogP) is 5.18. The fourth-order valence-electron chi connectivity index (χ4n) is 2.87. The molecule has 5 nitrogen and oxygen atoms in total. The van der Waals surface area contributed by atoms with Crippen molar-refractivity contribution in [2.24, 2.45) is 0 Å². The standard InChI is InChI=1S/C22H20N4OS/c1-27-22-21-19(11-13-24-22)20(12-14-23-21)26-17-7-9-18(10-8-17)28-25-15-16-5-3-2-4-6-16/h2-14,25H,15H2,1H3,(H,23,26). The Morgan fingerprint density at radius 1 is 0.893 bits per heavy atom. The maximum Gasteiger partial charge on any atom is 0.240 e. The van der Waals surface area contributed by atoms with Crippen molar-refractivity contribution in [3.05, 3.63) is 84.7 Å². The summed E-state index contributed by atoms with van der Waals surface area (Å²) in [5.41, 5.74) is 3.99. The Morgan fingerprint density at radius 3 is 2.46 bits per heavy atom. The molecule has 0 atom stereocenters. The van der Waals surface area contributed by atoms with Gasteiger partial charge in [-0.1, -0.05) is 30.3 Å². The summed E-state index contributed by atoms with van der Waals surface area (Å²) in [6, 6.07) is 22.6. The molecule has 0 bridgehead atoms. The molecule has 0 aliphatic carbocycles. The van der Waals surface area contributed by atoms with E-state index in [1.807, 2.05) is 18.2 Å².